The van der Waals surface area contributed by atoms with Crippen molar-refractivity contribution in [3.63, 3.8) is 0 Å². The van der Waals surface area contributed by atoms with Gasteiger partial charge >= 0.3 is 12.1 Å². The molecule has 2 aliphatic heterocycles. The molecule has 0 radical (unpaired) electrons. The molecule has 4 aromatic rings. The van der Waals surface area contributed by atoms with Gasteiger partial charge in [-0.3, -0.25) is 4.79 Å². The Balaban J connectivity index is 1.67. The van der Waals surface area contributed by atoms with Gasteiger partial charge in [0.25, 0.3) is 0 Å². The van der Waals surface area contributed by atoms with E-state index in [1.165, 1.54) is 30.0 Å². The molecule has 2 atom stereocenters. The topological polar surface area (TPSA) is 135 Å². The first kappa shape index (κ1) is 32.4. The molecule has 3 N–H and O–H groups in total. The van der Waals surface area contributed by atoms with Crippen molar-refractivity contribution in [2.24, 2.45) is 0 Å². The molecule has 0 bridgehead atoms. The van der Waals surface area contributed by atoms with Crippen LogP contribution in [0.3, 0.4) is 0 Å². The number of amides is 2. The summed E-state index contributed by atoms with van der Waals surface area (Å²) in [6, 6.07) is 18.2. The third kappa shape index (κ3) is 5.27. The summed E-state index contributed by atoms with van der Waals surface area (Å²) >= 11 is 0. The highest BCUT2D eigenvalue weighted by Crippen LogP contribution is 2.61. The quantitative estimate of drug-likeness (QED) is 0.186. The summed E-state index contributed by atoms with van der Waals surface area (Å²) in [5.74, 6) is -0.568. The number of nitrogens with one attached hydrogen (secondary N) is 1. The fourth-order valence-corrected chi connectivity index (χ4v) is 6.72. The van der Waals surface area contributed by atoms with Gasteiger partial charge < -0.3 is 34.6 Å². The van der Waals surface area contributed by atoms with E-state index in [-0.39, 0.29) is 28.9 Å². The second-order valence-corrected chi connectivity index (χ2v) is 13.2. The second kappa shape index (κ2) is 11.6. The van der Waals surface area contributed by atoms with Gasteiger partial charge in [0.05, 0.1) is 17.2 Å². The van der Waals surface area contributed by atoms with Gasteiger partial charge in [-0.1, -0.05) is 31.2 Å². The summed E-state index contributed by atoms with van der Waals surface area (Å²) in [4.78, 5) is 40.9. The van der Waals surface area contributed by atoms with E-state index < -0.39 is 29.3 Å². The van der Waals surface area contributed by atoms with E-state index in [1.54, 1.807) is 59.0 Å². The molecule has 2 unspecified atom stereocenters. The third-order valence-electron chi connectivity index (χ3n) is 8.76. The fourth-order valence-electron chi connectivity index (χ4n) is 6.72. The summed E-state index contributed by atoms with van der Waals surface area (Å²) in [6.45, 7) is 10.5. The number of benzene rings is 4. The number of esters is 1. The Kier molecular flexibility index (Phi) is 7.86. The number of rotatable bonds is 5. The molecule has 0 fully saturated rings. The zero-order valence-electron chi connectivity index (χ0n) is 27.9. The van der Waals surface area contributed by atoms with E-state index in [1.807, 2.05) is 31.2 Å². The number of phenols is 2. The lowest BCUT2D eigenvalue weighted by Crippen LogP contribution is -2.36. The van der Waals surface area contributed by atoms with Gasteiger partial charge in [0.2, 0.25) is 5.91 Å². The van der Waals surface area contributed by atoms with Gasteiger partial charge in [0.15, 0.2) is 5.60 Å². The zero-order valence-corrected chi connectivity index (χ0v) is 27.9. The van der Waals surface area contributed by atoms with Crippen molar-refractivity contribution in [2.45, 2.75) is 65.2 Å². The van der Waals surface area contributed by atoms with Gasteiger partial charge in [-0.2, -0.15) is 0 Å². The molecule has 2 heterocycles. The summed E-state index contributed by atoms with van der Waals surface area (Å²) in [5.41, 5.74) is 2.19. The lowest BCUT2D eigenvalue weighted by Gasteiger charge is -2.39. The summed E-state index contributed by atoms with van der Waals surface area (Å²) in [7, 11) is 1.68. The molecule has 48 heavy (non-hydrogen) atoms. The number of fused-ring (bicyclic) bond motifs is 6. The fraction of sp³-hybridized carbons (Fsp3) is 0.289. The van der Waals surface area contributed by atoms with E-state index in [9.17, 15) is 24.6 Å². The first-order valence-electron chi connectivity index (χ1n) is 15.7. The van der Waals surface area contributed by atoms with Crippen LogP contribution in [0.15, 0.2) is 66.7 Å². The minimum atomic E-state index is -1.54. The standard InChI is InChI=1S/C38H38N2O8/c1-8-29(40(7)36(45)48-37(4,5)6)22-13-16-28(39-21(3)41)25(17-22)33-20(2)30(43)19-32-34(33)38(27-15-14-23(42)18-31(27)46-32)26-12-10-9-11-24(26)35(44)47-38/h9-19,29,42-43H,8H2,1-7H3,(H,39,41). The SMILES string of the molecule is CCC(c1ccc(NC(C)=O)c(-c2c(C)c(O)cc3c2C2(OC(=O)c4ccccc42)c2ccc(O)cc2O3)c1)N(C)C(=O)OC(C)(C)C. The van der Waals surface area contributed by atoms with Crippen molar-refractivity contribution < 1.29 is 38.8 Å². The van der Waals surface area contributed by atoms with Crippen LogP contribution in [0.2, 0.25) is 0 Å². The molecule has 0 aromatic heterocycles. The largest absolute Gasteiger partial charge is 0.508 e. The number of anilines is 1. The van der Waals surface area contributed by atoms with E-state index in [4.69, 9.17) is 14.2 Å². The van der Waals surface area contributed by atoms with Crippen LogP contribution < -0.4 is 10.1 Å². The van der Waals surface area contributed by atoms with Crippen molar-refractivity contribution in [1.82, 2.24) is 4.90 Å². The first-order chi connectivity index (χ1) is 22.7. The molecular weight excluding hydrogens is 612 g/mol. The van der Waals surface area contributed by atoms with E-state index in [0.717, 1.165) is 5.56 Å². The van der Waals surface area contributed by atoms with Crippen LogP contribution in [0.25, 0.3) is 11.1 Å². The van der Waals surface area contributed by atoms with Crippen LogP contribution in [-0.4, -0.2) is 45.7 Å². The lowest BCUT2D eigenvalue weighted by atomic mass is 9.73. The number of nitrogens with zero attached hydrogens (tertiary/aromatic N) is 1. The predicted molar refractivity (Wildman–Crippen MR) is 180 cm³/mol. The Hall–Kier alpha value is -5.51. The summed E-state index contributed by atoms with van der Waals surface area (Å²) in [5, 5.41) is 24.7. The Morgan fingerprint density at radius 1 is 0.979 bits per heavy atom. The number of carbonyl (C=O) groups excluding carboxylic acids is 3. The maximum Gasteiger partial charge on any atom is 0.410 e. The average Bonchev–Trinajstić information content (AvgIpc) is 3.30. The highest BCUT2D eigenvalue weighted by molar-refractivity contribution is 6.00. The minimum absolute atomic E-state index is 0.0538. The van der Waals surface area contributed by atoms with Crippen molar-refractivity contribution in [1.29, 1.82) is 0 Å². The number of hydrogen-bond acceptors (Lipinski definition) is 8. The Bertz CT molecular complexity index is 2000. The molecule has 0 saturated heterocycles. The van der Waals surface area contributed by atoms with Gasteiger partial charge in [0, 0.05) is 54.0 Å². The van der Waals surface area contributed by atoms with Crippen molar-refractivity contribution in [2.75, 3.05) is 12.4 Å². The average molecular weight is 651 g/mol. The number of hydrogen-bond donors (Lipinski definition) is 3. The van der Waals surface area contributed by atoms with Crippen molar-refractivity contribution in [3.05, 3.63) is 100 Å². The Morgan fingerprint density at radius 2 is 1.71 bits per heavy atom. The maximum atomic E-state index is 13.6. The highest BCUT2D eigenvalue weighted by Gasteiger charge is 2.55. The van der Waals surface area contributed by atoms with Crippen LogP contribution >= 0.6 is 0 Å². The minimum Gasteiger partial charge on any atom is -0.508 e. The number of aromatic hydroxyl groups is 2. The van der Waals surface area contributed by atoms with E-state index in [2.05, 4.69) is 5.32 Å². The summed E-state index contributed by atoms with van der Waals surface area (Å²) in [6.07, 6.45) is 0.0511. The molecule has 4 aromatic carbocycles. The van der Waals surface area contributed by atoms with Gasteiger partial charge in [0.1, 0.15) is 28.6 Å². The van der Waals surface area contributed by atoms with Crippen molar-refractivity contribution in [3.8, 4) is 34.1 Å². The Labute approximate surface area is 278 Å². The molecule has 2 amide bonds. The zero-order chi connectivity index (χ0) is 34.7. The molecule has 0 saturated carbocycles. The van der Waals surface area contributed by atoms with Gasteiger partial charge in [-0.25, -0.2) is 9.59 Å². The molecule has 10 nitrogen and oxygen atoms in total. The molecule has 248 valence electrons. The van der Waals surface area contributed by atoms with Crippen LogP contribution in [0, 0.1) is 6.92 Å². The third-order valence-corrected chi connectivity index (χ3v) is 8.76. The molecule has 10 heteroatoms. The monoisotopic (exact) mass is 650 g/mol. The second-order valence-electron chi connectivity index (χ2n) is 13.2. The number of ether oxygens (including phenoxy) is 3. The molecule has 0 aliphatic carbocycles. The lowest BCUT2D eigenvalue weighted by molar-refractivity contribution is -0.114. The van der Waals surface area contributed by atoms with Crippen molar-refractivity contribution >= 4 is 23.7 Å². The molecule has 6 rings (SSSR count). The number of phenolic OH excluding ortho intramolecular Hbond substituents is 2. The predicted octanol–water partition coefficient (Wildman–Crippen LogP) is 7.92. The smallest absolute Gasteiger partial charge is 0.410 e. The first-order valence-corrected chi connectivity index (χ1v) is 15.7. The Morgan fingerprint density at radius 3 is 2.40 bits per heavy atom. The normalized spacial score (nSPS) is 16.6. The summed E-state index contributed by atoms with van der Waals surface area (Å²) < 4.78 is 18.4. The molecule has 1 spiro atoms. The van der Waals surface area contributed by atoms with Gasteiger partial charge in [-0.05, 0) is 75.6 Å². The van der Waals surface area contributed by atoms with Crippen LogP contribution in [0.4, 0.5) is 10.5 Å². The van der Waals surface area contributed by atoms with Crippen LogP contribution in [0.5, 0.6) is 23.0 Å². The number of carbonyl (C=O) groups is 3. The van der Waals surface area contributed by atoms with E-state index >= 15 is 0 Å². The highest BCUT2D eigenvalue weighted by atomic mass is 16.6. The van der Waals surface area contributed by atoms with Crippen LogP contribution in [0.1, 0.15) is 85.3 Å². The molecular formula is C38H38N2O8. The van der Waals surface area contributed by atoms with Gasteiger partial charge in [-0.15, -0.1) is 0 Å². The van der Waals surface area contributed by atoms with Crippen LogP contribution in [-0.2, 0) is 19.9 Å². The van der Waals surface area contributed by atoms with E-state index in [0.29, 0.717) is 51.1 Å². The molecule has 2 aliphatic rings. The maximum absolute atomic E-state index is 13.6.